The molecule has 0 amide bonds. The number of nitrogens with zero attached hydrogens (tertiary/aromatic N) is 4. The van der Waals surface area contributed by atoms with E-state index in [2.05, 4.69) is 31.7 Å². The molecule has 140 valence electrons. The van der Waals surface area contributed by atoms with Gasteiger partial charge in [-0.25, -0.2) is 4.68 Å². The quantitative estimate of drug-likeness (QED) is 0.710. The Balaban J connectivity index is 1.43. The lowest BCUT2D eigenvalue weighted by molar-refractivity contribution is -0.144. The Morgan fingerprint density at radius 1 is 1.15 bits per heavy atom. The minimum atomic E-state index is -0.798. The Morgan fingerprint density at radius 2 is 1.93 bits per heavy atom. The van der Waals surface area contributed by atoms with E-state index in [0.717, 1.165) is 44.0 Å². The van der Waals surface area contributed by atoms with Crippen molar-refractivity contribution in [1.29, 1.82) is 0 Å². The summed E-state index contributed by atoms with van der Waals surface area (Å²) in [5, 5.41) is 18.3. The molecule has 1 aliphatic rings. The number of piperazine rings is 1. The summed E-state index contributed by atoms with van der Waals surface area (Å²) < 4.78 is 1.77. The summed E-state index contributed by atoms with van der Waals surface area (Å²) in [6.45, 7) is 4.20. The van der Waals surface area contributed by atoms with Gasteiger partial charge in [0.05, 0.1) is 5.69 Å². The van der Waals surface area contributed by atoms with Crippen molar-refractivity contribution in [3.05, 3.63) is 70.7 Å². The Bertz CT molecular complexity index is 854. The second kappa shape index (κ2) is 8.04. The smallest absolute Gasteiger partial charge is 0.325 e. The first-order valence-electron chi connectivity index (χ1n) is 9.01. The van der Waals surface area contributed by atoms with Crippen molar-refractivity contribution in [2.45, 2.75) is 12.6 Å². The summed E-state index contributed by atoms with van der Waals surface area (Å²) in [7, 11) is 0. The van der Waals surface area contributed by atoms with Gasteiger partial charge in [-0.1, -0.05) is 12.1 Å². The number of carboxylic acids is 1. The van der Waals surface area contributed by atoms with Crippen molar-refractivity contribution in [3.8, 4) is 5.69 Å². The molecule has 1 saturated heterocycles. The number of hydrogen-bond acceptors (Lipinski definition) is 5. The van der Waals surface area contributed by atoms with Crippen LogP contribution in [0.4, 0.5) is 0 Å². The molecule has 3 heterocycles. The third-order valence-corrected chi connectivity index (χ3v) is 5.70. The second-order valence-electron chi connectivity index (χ2n) is 6.73. The first-order valence-corrected chi connectivity index (χ1v) is 9.95. The lowest BCUT2D eigenvalue weighted by atomic mass is 10.0. The molecule has 0 bridgehead atoms. The van der Waals surface area contributed by atoms with Crippen LogP contribution in [0.2, 0.25) is 0 Å². The van der Waals surface area contributed by atoms with Gasteiger partial charge in [0.1, 0.15) is 6.04 Å². The molecule has 1 unspecified atom stereocenters. The number of thiophene rings is 1. The topological polar surface area (TPSA) is 61.6 Å². The van der Waals surface area contributed by atoms with E-state index in [0.29, 0.717) is 0 Å². The van der Waals surface area contributed by atoms with E-state index < -0.39 is 12.0 Å². The van der Waals surface area contributed by atoms with Gasteiger partial charge in [0.2, 0.25) is 0 Å². The van der Waals surface area contributed by atoms with Gasteiger partial charge in [-0.15, -0.1) is 0 Å². The molecule has 2 aromatic heterocycles. The van der Waals surface area contributed by atoms with E-state index in [4.69, 9.17) is 0 Å². The highest BCUT2D eigenvalue weighted by molar-refractivity contribution is 7.07. The fourth-order valence-corrected chi connectivity index (χ4v) is 4.22. The molecule has 1 atom stereocenters. The number of aromatic nitrogens is 2. The largest absolute Gasteiger partial charge is 0.480 e. The Kier molecular flexibility index (Phi) is 5.33. The average Bonchev–Trinajstić information content (AvgIpc) is 3.38. The molecule has 7 heteroatoms. The number of benzene rings is 1. The molecular weight excluding hydrogens is 360 g/mol. The Morgan fingerprint density at radius 3 is 2.52 bits per heavy atom. The molecule has 1 aromatic carbocycles. The van der Waals surface area contributed by atoms with E-state index >= 15 is 0 Å². The highest BCUT2D eigenvalue weighted by atomic mass is 32.1. The molecule has 3 aromatic rings. The van der Waals surface area contributed by atoms with Crippen LogP contribution in [0.25, 0.3) is 5.69 Å². The molecule has 0 spiro atoms. The lowest BCUT2D eigenvalue weighted by Crippen LogP contribution is -2.48. The third-order valence-electron chi connectivity index (χ3n) is 4.97. The minimum absolute atomic E-state index is 0.611. The molecule has 1 fully saturated rings. The maximum atomic E-state index is 12.0. The predicted octanol–water partition coefficient (Wildman–Crippen LogP) is 2.88. The van der Waals surface area contributed by atoms with Crippen LogP contribution >= 0.6 is 11.3 Å². The predicted molar refractivity (Wildman–Crippen MR) is 105 cm³/mol. The summed E-state index contributed by atoms with van der Waals surface area (Å²) in [5.41, 5.74) is 3.07. The van der Waals surface area contributed by atoms with Crippen molar-refractivity contribution < 1.29 is 9.90 Å². The van der Waals surface area contributed by atoms with E-state index in [1.807, 2.05) is 36.5 Å². The van der Waals surface area contributed by atoms with Gasteiger partial charge in [0, 0.05) is 45.1 Å². The molecule has 1 aliphatic heterocycles. The van der Waals surface area contributed by atoms with Crippen molar-refractivity contribution in [1.82, 2.24) is 19.6 Å². The average molecular weight is 382 g/mol. The summed E-state index contributed by atoms with van der Waals surface area (Å²) in [6, 6.07) is 11.0. The molecule has 4 rings (SSSR count). The number of aliphatic carboxylic acids is 1. The van der Waals surface area contributed by atoms with Gasteiger partial charge in [-0.3, -0.25) is 14.6 Å². The molecule has 0 saturated carbocycles. The van der Waals surface area contributed by atoms with Crippen LogP contribution in [0.3, 0.4) is 0 Å². The van der Waals surface area contributed by atoms with Crippen LogP contribution < -0.4 is 0 Å². The zero-order chi connectivity index (χ0) is 18.6. The second-order valence-corrected chi connectivity index (χ2v) is 7.51. The first kappa shape index (κ1) is 17.9. The van der Waals surface area contributed by atoms with Crippen molar-refractivity contribution in [2.24, 2.45) is 0 Å². The van der Waals surface area contributed by atoms with Crippen LogP contribution in [0.5, 0.6) is 0 Å². The zero-order valence-electron chi connectivity index (χ0n) is 14.9. The molecule has 6 nitrogen and oxygen atoms in total. The van der Waals surface area contributed by atoms with Gasteiger partial charge < -0.3 is 5.11 Å². The summed E-state index contributed by atoms with van der Waals surface area (Å²) >= 11 is 1.71. The molecule has 0 aliphatic carbocycles. The monoisotopic (exact) mass is 382 g/mol. The fourth-order valence-electron chi connectivity index (χ4n) is 3.56. The first-order chi connectivity index (χ1) is 13.2. The standard InChI is InChI=1S/C20H22N4O2S/c25-20(26)19(17-2-4-18(5-3-17)24-8-1-7-21-24)23-11-9-22(10-12-23)14-16-6-13-27-15-16/h1-8,13,15,19H,9-12,14H2,(H,25,26). The van der Waals surface area contributed by atoms with Gasteiger partial charge in [-0.05, 0) is 46.2 Å². The summed E-state index contributed by atoms with van der Waals surface area (Å²) in [5.74, 6) is -0.798. The zero-order valence-corrected chi connectivity index (χ0v) is 15.8. The SMILES string of the molecule is O=C(O)C(c1ccc(-n2cccn2)cc1)N1CCN(Cc2ccsc2)CC1. The Labute approximate surface area is 162 Å². The van der Waals surface area contributed by atoms with Crippen LogP contribution in [0.15, 0.2) is 59.6 Å². The fraction of sp³-hybridized carbons (Fsp3) is 0.300. The van der Waals surface area contributed by atoms with E-state index in [1.165, 1.54) is 5.56 Å². The van der Waals surface area contributed by atoms with Crippen LogP contribution in [0, 0.1) is 0 Å². The number of hydrogen-bond donors (Lipinski definition) is 1. The Hall–Kier alpha value is -2.48. The van der Waals surface area contributed by atoms with Gasteiger partial charge in [-0.2, -0.15) is 16.4 Å². The van der Waals surface area contributed by atoms with Gasteiger partial charge in [0.25, 0.3) is 0 Å². The van der Waals surface area contributed by atoms with E-state index in [9.17, 15) is 9.90 Å². The molecular formula is C20H22N4O2S. The van der Waals surface area contributed by atoms with Crippen molar-refractivity contribution >= 4 is 17.3 Å². The summed E-state index contributed by atoms with van der Waals surface area (Å²) in [6.07, 6.45) is 3.60. The molecule has 27 heavy (non-hydrogen) atoms. The van der Waals surface area contributed by atoms with Crippen molar-refractivity contribution in [3.63, 3.8) is 0 Å². The van der Waals surface area contributed by atoms with Crippen LogP contribution in [-0.2, 0) is 11.3 Å². The van der Waals surface area contributed by atoms with E-state index in [-0.39, 0.29) is 0 Å². The van der Waals surface area contributed by atoms with Crippen LogP contribution in [0.1, 0.15) is 17.2 Å². The lowest BCUT2D eigenvalue weighted by Gasteiger charge is -2.37. The maximum Gasteiger partial charge on any atom is 0.325 e. The highest BCUT2D eigenvalue weighted by Crippen LogP contribution is 2.24. The van der Waals surface area contributed by atoms with Gasteiger partial charge in [0.15, 0.2) is 0 Å². The number of rotatable bonds is 6. The van der Waals surface area contributed by atoms with E-state index in [1.54, 1.807) is 22.2 Å². The van der Waals surface area contributed by atoms with Crippen molar-refractivity contribution in [2.75, 3.05) is 26.2 Å². The molecule has 1 N–H and O–H groups in total. The number of carbonyl (C=O) groups is 1. The summed E-state index contributed by atoms with van der Waals surface area (Å²) in [4.78, 5) is 16.4. The number of carboxylic acid groups (broad SMARTS) is 1. The maximum absolute atomic E-state index is 12.0. The van der Waals surface area contributed by atoms with Gasteiger partial charge >= 0.3 is 5.97 Å². The highest BCUT2D eigenvalue weighted by Gasteiger charge is 2.30. The van der Waals surface area contributed by atoms with Crippen LogP contribution in [-0.4, -0.2) is 56.8 Å². The molecule has 0 radical (unpaired) electrons. The third kappa shape index (κ3) is 4.10. The normalized spacial score (nSPS) is 17.0. The minimum Gasteiger partial charge on any atom is -0.480 e.